The quantitative estimate of drug-likeness (QED) is 0.758. The van der Waals surface area contributed by atoms with Crippen LogP contribution in [0.4, 0.5) is 4.79 Å². The molecule has 1 N–H and O–H groups in total. The molecule has 0 unspecified atom stereocenters. The van der Waals surface area contributed by atoms with Gasteiger partial charge in [-0.05, 0) is 41.5 Å². The fourth-order valence-corrected chi connectivity index (χ4v) is 3.20. The number of urea groups is 1. The molecule has 2 aliphatic heterocycles. The Bertz CT molecular complexity index is 897. The summed E-state index contributed by atoms with van der Waals surface area (Å²) in [6, 6.07) is 4.72. The van der Waals surface area contributed by atoms with Crippen molar-refractivity contribution in [1.82, 2.24) is 30.4 Å². The van der Waals surface area contributed by atoms with E-state index in [2.05, 4.69) is 27.8 Å². The molecule has 10 heteroatoms. The number of amides is 3. The Morgan fingerprint density at radius 1 is 1.26 bits per heavy atom. The van der Waals surface area contributed by atoms with E-state index in [9.17, 15) is 9.59 Å². The number of aryl methyl sites for hydroxylation is 1. The lowest BCUT2D eigenvalue weighted by Crippen LogP contribution is -2.40. The molecule has 1 aromatic heterocycles. The molecule has 2 aliphatic rings. The van der Waals surface area contributed by atoms with Crippen molar-refractivity contribution in [2.75, 3.05) is 6.79 Å². The van der Waals surface area contributed by atoms with Gasteiger partial charge in [-0.15, -0.1) is 5.10 Å². The van der Waals surface area contributed by atoms with E-state index in [1.54, 1.807) is 29.8 Å². The second-order valence-electron chi connectivity index (χ2n) is 6.69. The molecule has 1 atom stereocenters. The number of benzene rings is 1. The first kappa shape index (κ1) is 17.3. The van der Waals surface area contributed by atoms with Crippen LogP contribution < -0.4 is 14.8 Å². The molecule has 142 valence electrons. The summed E-state index contributed by atoms with van der Waals surface area (Å²) in [6.07, 6.45) is 1.90. The molecular weight excluding hydrogens is 352 g/mol. The minimum absolute atomic E-state index is 0.0154. The first-order valence-electron chi connectivity index (χ1n) is 8.82. The molecule has 1 saturated heterocycles. The van der Waals surface area contributed by atoms with E-state index in [-0.39, 0.29) is 19.2 Å². The summed E-state index contributed by atoms with van der Waals surface area (Å²) in [7, 11) is 0. The highest BCUT2D eigenvalue weighted by Crippen LogP contribution is 2.38. The molecular formula is C17H20N6O4. The second kappa shape index (κ2) is 6.53. The van der Waals surface area contributed by atoms with Gasteiger partial charge in [-0.25, -0.2) is 9.48 Å². The third kappa shape index (κ3) is 2.86. The number of carbonyl (C=O) groups excluding carboxylic acids is 2. The topological polar surface area (TPSA) is 111 Å². The van der Waals surface area contributed by atoms with Gasteiger partial charge in [-0.1, -0.05) is 19.4 Å². The largest absolute Gasteiger partial charge is 0.454 e. The minimum Gasteiger partial charge on any atom is -0.454 e. The highest BCUT2D eigenvalue weighted by molar-refractivity contribution is 6.07. The monoisotopic (exact) mass is 372 g/mol. The van der Waals surface area contributed by atoms with E-state index in [1.807, 2.05) is 0 Å². The van der Waals surface area contributed by atoms with Crippen molar-refractivity contribution in [1.29, 1.82) is 0 Å². The van der Waals surface area contributed by atoms with Crippen molar-refractivity contribution in [2.45, 2.75) is 45.3 Å². The van der Waals surface area contributed by atoms with Gasteiger partial charge in [0.1, 0.15) is 5.54 Å². The highest BCUT2D eigenvalue weighted by Gasteiger charge is 2.49. The first-order chi connectivity index (χ1) is 13.0. The fraction of sp³-hybridized carbons (Fsp3) is 0.471. The summed E-state index contributed by atoms with van der Waals surface area (Å²) >= 11 is 0. The smallest absolute Gasteiger partial charge is 0.325 e. The van der Waals surface area contributed by atoms with Gasteiger partial charge in [-0.3, -0.25) is 9.69 Å². The van der Waals surface area contributed by atoms with Gasteiger partial charge in [0.25, 0.3) is 5.91 Å². The predicted octanol–water partition coefficient (Wildman–Crippen LogP) is 1.17. The van der Waals surface area contributed by atoms with Gasteiger partial charge in [-0.2, -0.15) is 0 Å². The van der Waals surface area contributed by atoms with Crippen molar-refractivity contribution in [3.05, 3.63) is 29.6 Å². The maximum Gasteiger partial charge on any atom is 0.325 e. The molecule has 3 amide bonds. The number of rotatable bonds is 6. The summed E-state index contributed by atoms with van der Waals surface area (Å²) in [4.78, 5) is 26.7. The van der Waals surface area contributed by atoms with Crippen LogP contribution in [-0.4, -0.2) is 43.8 Å². The number of unbranched alkanes of at least 4 members (excludes halogenated alkanes) is 1. The second-order valence-corrected chi connectivity index (χ2v) is 6.69. The standard InChI is InChI=1S/C17H20N6O4/c1-3-4-7-23-14(19-20-21-23)9-22-15(24)17(2,18-16(22)25)11-5-6-12-13(8-11)27-10-26-12/h5-6,8H,3-4,7,9-10H2,1-2H3,(H,18,25)/t17-/m0/s1. The number of tetrazole rings is 1. The van der Waals surface area contributed by atoms with Gasteiger partial charge < -0.3 is 14.8 Å². The van der Waals surface area contributed by atoms with Gasteiger partial charge >= 0.3 is 6.03 Å². The molecule has 3 heterocycles. The Kier molecular flexibility index (Phi) is 4.17. The number of aromatic nitrogens is 4. The van der Waals surface area contributed by atoms with Crippen LogP contribution in [0.25, 0.3) is 0 Å². The molecule has 0 saturated carbocycles. The summed E-state index contributed by atoms with van der Waals surface area (Å²) in [5, 5.41) is 14.3. The van der Waals surface area contributed by atoms with E-state index >= 15 is 0 Å². The fourth-order valence-electron chi connectivity index (χ4n) is 3.20. The van der Waals surface area contributed by atoms with Gasteiger partial charge in [0.2, 0.25) is 6.79 Å². The number of imide groups is 1. The Hall–Kier alpha value is -3.17. The van der Waals surface area contributed by atoms with Crippen molar-refractivity contribution in [3.63, 3.8) is 0 Å². The molecule has 1 aromatic carbocycles. The number of ether oxygens (including phenoxy) is 2. The van der Waals surface area contributed by atoms with E-state index in [0.717, 1.165) is 17.7 Å². The van der Waals surface area contributed by atoms with Crippen LogP contribution >= 0.6 is 0 Å². The Labute approximate surface area is 155 Å². The SMILES string of the molecule is CCCCn1nnnc1CN1C(=O)N[C@@](C)(c2ccc3c(c2)OCO3)C1=O. The van der Waals surface area contributed by atoms with Crippen molar-refractivity contribution in [2.24, 2.45) is 0 Å². The number of fused-ring (bicyclic) bond motifs is 1. The van der Waals surface area contributed by atoms with Crippen molar-refractivity contribution < 1.29 is 19.1 Å². The lowest BCUT2D eigenvalue weighted by Gasteiger charge is -2.22. The molecule has 2 aromatic rings. The molecule has 0 radical (unpaired) electrons. The predicted molar refractivity (Wildman–Crippen MR) is 91.7 cm³/mol. The number of carbonyl (C=O) groups is 2. The zero-order valence-electron chi connectivity index (χ0n) is 15.1. The zero-order chi connectivity index (χ0) is 19.0. The lowest BCUT2D eigenvalue weighted by atomic mass is 9.91. The van der Waals surface area contributed by atoms with Crippen LogP contribution in [0.3, 0.4) is 0 Å². The molecule has 0 spiro atoms. The summed E-state index contributed by atoms with van der Waals surface area (Å²) in [5.41, 5.74) is -0.571. The third-order valence-corrected chi connectivity index (χ3v) is 4.85. The average Bonchev–Trinajstić information content (AvgIpc) is 3.35. The van der Waals surface area contributed by atoms with Gasteiger partial charge in [0.15, 0.2) is 17.3 Å². The number of hydrogen-bond acceptors (Lipinski definition) is 7. The van der Waals surface area contributed by atoms with E-state index < -0.39 is 11.6 Å². The van der Waals surface area contributed by atoms with Crippen LogP contribution in [0.2, 0.25) is 0 Å². The van der Waals surface area contributed by atoms with E-state index in [0.29, 0.717) is 29.4 Å². The Morgan fingerprint density at radius 2 is 2.07 bits per heavy atom. The Morgan fingerprint density at radius 3 is 2.89 bits per heavy atom. The number of hydrogen-bond donors (Lipinski definition) is 1. The highest BCUT2D eigenvalue weighted by atomic mass is 16.7. The summed E-state index contributed by atoms with van der Waals surface area (Å²) in [5.74, 6) is 1.28. The third-order valence-electron chi connectivity index (χ3n) is 4.85. The molecule has 27 heavy (non-hydrogen) atoms. The summed E-state index contributed by atoms with van der Waals surface area (Å²) in [6.45, 7) is 4.54. The van der Waals surface area contributed by atoms with Crippen molar-refractivity contribution >= 4 is 11.9 Å². The van der Waals surface area contributed by atoms with Gasteiger partial charge in [0.05, 0.1) is 6.54 Å². The first-order valence-corrected chi connectivity index (χ1v) is 8.82. The van der Waals surface area contributed by atoms with Crippen molar-refractivity contribution in [3.8, 4) is 11.5 Å². The number of nitrogens with zero attached hydrogens (tertiary/aromatic N) is 5. The molecule has 0 bridgehead atoms. The van der Waals surface area contributed by atoms with Crippen LogP contribution in [-0.2, 0) is 23.4 Å². The molecule has 10 nitrogen and oxygen atoms in total. The molecule has 0 aliphatic carbocycles. The Balaban J connectivity index is 1.58. The maximum atomic E-state index is 13.1. The molecule has 1 fully saturated rings. The summed E-state index contributed by atoms with van der Waals surface area (Å²) < 4.78 is 12.3. The number of nitrogens with one attached hydrogen (secondary N) is 1. The minimum atomic E-state index is -1.19. The average molecular weight is 372 g/mol. The zero-order valence-corrected chi connectivity index (χ0v) is 15.1. The van der Waals surface area contributed by atoms with Crippen LogP contribution in [0.15, 0.2) is 18.2 Å². The normalized spacial score (nSPS) is 21.0. The molecule has 4 rings (SSSR count). The van der Waals surface area contributed by atoms with E-state index in [1.165, 1.54) is 0 Å². The van der Waals surface area contributed by atoms with E-state index in [4.69, 9.17) is 9.47 Å². The van der Waals surface area contributed by atoms with Crippen LogP contribution in [0.5, 0.6) is 11.5 Å². The lowest BCUT2D eigenvalue weighted by molar-refractivity contribution is -0.131. The maximum absolute atomic E-state index is 13.1. The van der Waals surface area contributed by atoms with Gasteiger partial charge in [0, 0.05) is 6.54 Å². The van der Waals surface area contributed by atoms with Crippen LogP contribution in [0.1, 0.15) is 38.1 Å². The van der Waals surface area contributed by atoms with Crippen LogP contribution in [0, 0.1) is 0 Å².